The van der Waals surface area contributed by atoms with Gasteiger partial charge in [0.2, 0.25) is 0 Å². The van der Waals surface area contributed by atoms with Gasteiger partial charge in [0.15, 0.2) is 0 Å². The van der Waals surface area contributed by atoms with Crippen molar-refractivity contribution in [3.05, 3.63) is 16.4 Å². The molecule has 2 rings (SSSR count). The molecule has 0 saturated heterocycles. The summed E-state index contributed by atoms with van der Waals surface area (Å²) in [7, 11) is 4.04. The molecule has 1 aliphatic rings. The Morgan fingerprint density at radius 1 is 1.50 bits per heavy atom. The van der Waals surface area contributed by atoms with Gasteiger partial charge in [0.25, 0.3) is 0 Å². The van der Waals surface area contributed by atoms with E-state index in [0.29, 0.717) is 5.41 Å². The van der Waals surface area contributed by atoms with Crippen LogP contribution in [0, 0.1) is 11.3 Å². The van der Waals surface area contributed by atoms with E-state index in [1.165, 1.54) is 18.5 Å². The van der Waals surface area contributed by atoms with Crippen LogP contribution in [0.25, 0.3) is 0 Å². The molecule has 0 aliphatic heterocycles. The van der Waals surface area contributed by atoms with Crippen LogP contribution < -0.4 is 5.32 Å². The zero-order valence-electron chi connectivity index (χ0n) is 11.9. The summed E-state index contributed by atoms with van der Waals surface area (Å²) < 4.78 is 1.97. The van der Waals surface area contributed by atoms with Crippen molar-refractivity contribution in [1.29, 1.82) is 0 Å². The third-order valence-corrected chi connectivity index (χ3v) is 4.65. The fourth-order valence-corrected chi connectivity index (χ4v) is 3.29. The highest BCUT2D eigenvalue weighted by Crippen LogP contribution is 2.47. The number of aromatic nitrogens is 2. The third-order valence-electron chi connectivity index (χ3n) is 4.22. The molecule has 0 aromatic carbocycles. The Morgan fingerprint density at radius 3 is 2.61 bits per heavy atom. The zero-order chi connectivity index (χ0) is 13.3. The molecule has 1 aliphatic carbocycles. The average molecular weight is 270 g/mol. The van der Waals surface area contributed by atoms with Crippen molar-refractivity contribution in [3.8, 4) is 0 Å². The molecule has 1 saturated carbocycles. The molecule has 0 bridgehead atoms. The molecule has 102 valence electrons. The first kappa shape index (κ1) is 13.9. The molecule has 1 atom stereocenters. The molecule has 0 radical (unpaired) electrons. The van der Waals surface area contributed by atoms with E-state index in [9.17, 15) is 0 Å². The molecule has 18 heavy (non-hydrogen) atoms. The van der Waals surface area contributed by atoms with Crippen LogP contribution in [0.15, 0.2) is 0 Å². The van der Waals surface area contributed by atoms with Gasteiger partial charge in [-0.15, -0.1) is 0 Å². The topological polar surface area (TPSA) is 29.9 Å². The van der Waals surface area contributed by atoms with Gasteiger partial charge in [-0.25, -0.2) is 0 Å². The summed E-state index contributed by atoms with van der Waals surface area (Å²) >= 11 is 6.46. The van der Waals surface area contributed by atoms with Crippen molar-refractivity contribution in [2.75, 3.05) is 13.6 Å². The number of nitrogens with one attached hydrogen (secondary N) is 1. The molecule has 1 fully saturated rings. The van der Waals surface area contributed by atoms with E-state index >= 15 is 0 Å². The fraction of sp³-hybridized carbons (Fsp3) is 0.786. The highest BCUT2D eigenvalue weighted by Gasteiger charge is 2.42. The summed E-state index contributed by atoms with van der Waals surface area (Å²) in [6.45, 7) is 5.52. The molecule has 3 nitrogen and oxygen atoms in total. The Kier molecular flexibility index (Phi) is 4.02. The molecule has 4 heteroatoms. The second kappa shape index (κ2) is 5.22. The molecule has 1 aromatic heterocycles. The lowest BCUT2D eigenvalue weighted by Crippen LogP contribution is -2.34. The van der Waals surface area contributed by atoms with E-state index in [1.807, 2.05) is 18.8 Å². The van der Waals surface area contributed by atoms with E-state index in [4.69, 9.17) is 11.6 Å². The summed E-state index contributed by atoms with van der Waals surface area (Å²) in [5, 5.41) is 8.73. The van der Waals surface area contributed by atoms with Gasteiger partial charge >= 0.3 is 0 Å². The van der Waals surface area contributed by atoms with Crippen molar-refractivity contribution in [2.45, 2.75) is 39.5 Å². The number of hydrogen-bond donors (Lipinski definition) is 1. The molecular formula is C14H24ClN3. The largest absolute Gasteiger partial charge is 0.319 e. The quantitative estimate of drug-likeness (QED) is 0.861. The Balaban J connectivity index is 2.23. The van der Waals surface area contributed by atoms with Crippen LogP contribution in [0.2, 0.25) is 5.02 Å². The first-order valence-electron chi connectivity index (χ1n) is 6.86. The third kappa shape index (κ3) is 2.57. The molecule has 1 aromatic rings. The molecule has 0 spiro atoms. The maximum Gasteiger partial charge on any atom is 0.0849 e. The Morgan fingerprint density at radius 2 is 2.17 bits per heavy atom. The van der Waals surface area contributed by atoms with Gasteiger partial charge in [0.05, 0.1) is 16.4 Å². The molecule has 1 N–H and O–H groups in total. The Hall–Kier alpha value is -0.540. The van der Waals surface area contributed by atoms with E-state index in [0.717, 1.165) is 36.0 Å². The van der Waals surface area contributed by atoms with Crippen LogP contribution in [-0.2, 0) is 19.9 Å². The van der Waals surface area contributed by atoms with Gasteiger partial charge in [-0.05, 0) is 44.1 Å². The van der Waals surface area contributed by atoms with Gasteiger partial charge in [-0.3, -0.25) is 4.68 Å². The summed E-state index contributed by atoms with van der Waals surface area (Å²) in [6, 6.07) is 0. The number of rotatable bonds is 6. The standard InChI is InChI=1S/C14H24ClN3/c1-5-11-13(15)12(18(4)17-11)8-14(2,9-16-3)10-6-7-10/h10,16H,5-9H2,1-4H3. The predicted octanol–water partition coefficient (Wildman–Crippen LogP) is 2.81. The first-order valence-corrected chi connectivity index (χ1v) is 7.24. The van der Waals surface area contributed by atoms with E-state index in [1.54, 1.807) is 0 Å². The van der Waals surface area contributed by atoms with E-state index < -0.39 is 0 Å². The van der Waals surface area contributed by atoms with Crippen molar-refractivity contribution < 1.29 is 0 Å². The molecule has 1 heterocycles. The van der Waals surface area contributed by atoms with Crippen LogP contribution in [0.4, 0.5) is 0 Å². The van der Waals surface area contributed by atoms with Gasteiger partial charge in [-0.2, -0.15) is 5.10 Å². The summed E-state index contributed by atoms with van der Waals surface area (Å²) in [5.74, 6) is 0.834. The lowest BCUT2D eigenvalue weighted by molar-refractivity contribution is 0.257. The second-order valence-corrected chi connectivity index (χ2v) is 6.20. The minimum absolute atomic E-state index is 0.303. The minimum atomic E-state index is 0.303. The van der Waals surface area contributed by atoms with Crippen LogP contribution in [0.5, 0.6) is 0 Å². The van der Waals surface area contributed by atoms with Crippen LogP contribution in [0.1, 0.15) is 38.1 Å². The van der Waals surface area contributed by atoms with Crippen LogP contribution >= 0.6 is 11.6 Å². The minimum Gasteiger partial charge on any atom is -0.319 e. The van der Waals surface area contributed by atoms with Gasteiger partial charge in [0.1, 0.15) is 0 Å². The summed E-state index contributed by atoms with van der Waals surface area (Å²) in [5.41, 5.74) is 2.52. The average Bonchev–Trinajstić information content (AvgIpc) is 3.13. The summed E-state index contributed by atoms with van der Waals surface area (Å²) in [4.78, 5) is 0. The fourth-order valence-electron chi connectivity index (χ4n) is 2.93. The van der Waals surface area contributed by atoms with Crippen molar-refractivity contribution >= 4 is 11.6 Å². The highest BCUT2D eigenvalue weighted by atomic mass is 35.5. The number of aryl methyl sites for hydroxylation is 2. The van der Waals surface area contributed by atoms with E-state index in [-0.39, 0.29) is 0 Å². The van der Waals surface area contributed by atoms with Crippen molar-refractivity contribution in [2.24, 2.45) is 18.4 Å². The summed E-state index contributed by atoms with van der Waals surface area (Å²) in [6.07, 6.45) is 4.63. The molecule has 1 unspecified atom stereocenters. The van der Waals surface area contributed by atoms with Crippen LogP contribution in [0.3, 0.4) is 0 Å². The van der Waals surface area contributed by atoms with Gasteiger partial charge in [-0.1, -0.05) is 25.4 Å². The molecule has 0 amide bonds. The zero-order valence-corrected chi connectivity index (χ0v) is 12.6. The lowest BCUT2D eigenvalue weighted by Gasteiger charge is -2.29. The van der Waals surface area contributed by atoms with E-state index in [2.05, 4.69) is 24.3 Å². The smallest absolute Gasteiger partial charge is 0.0849 e. The maximum absolute atomic E-state index is 6.46. The number of nitrogens with zero attached hydrogens (tertiary/aromatic N) is 2. The number of hydrogen-bond acceptors (Lipinski definition) is 2. The van der Waals surface area contributed by atoms with Gasteiger partial charge in [0, 0.05) is 13.6 Å². The molecular weight excluding hydrogens is 246 g/mol. The van der Waals surface area contributed by atoms with Crippen molar-refractivity contribution in [1.82, 2.24) is 15.1 Å². The first-order chi connectivity index (χ1) is 8.51. The van der Waals surface area contributed by atoms with Crippen LogP contribution in [-0.4, -0.2) is 23.4 Å². The lowest BCUT2D eigenvalue weighted by atomic mass is 9.80. The Bertz CT molecular complexity index is 423. The SMILES string of the molecule is CCc1nn(C)c(CC(C)(CNC)C2CC2)c1Cl. The maximum atomic E-state index is 6.46. The second-order valence-electron chi connectivity index (χ2n) is 5.82. The van der Waals surface area contributed by atoms with Gasteiger partial charge < -0.3 is 5.32 Å². The Labute approximate surface area is 115 Å². The number of halogens is 1. The monoisotopic (exact) mass is 269 g/mol. The predicted molar refractivity (Wildman–Crippen MR) is 76.1 cm³/mol. The normalized spacial score (nSPS) is 18.9. The van der Waals surface area contributed by atoms with Crippen molar-refractivity contribution in [3.63, 3.8) is 0 Å². The highest BCUT2D eigenvalue weighted by molar-refractivity contribution is 6.31.